The van der Waals surface area contributed by atoms with Crippen molar-refractivity contribution in [2.24, 2.45) is 11.7 Å². The Kier molecular flexibility index (Phi) is 8.82. The predicted molar refractivity (Wildman–Crippen MR) is 124 cm³/mol. The lowest BCUT2D eigenvalue weighted by Gasteiger charge is -2.18. The standard InChI is InChI=1S/C22H29N7O3/c1-13(2)4-9-16(20(24)31)28-18-12-26-19(22(32)25-3)21(29-18)27-15-7-5-14(6-8-15)17(30)10-11-23/h5-8,11-13,16,23H,4,9-10H2,1-3H3,(H2,24,31)(H,25,32)(H2,27,28,29). The van der Waals surface area contributed by atoms with Crippen LogP contribution in [0.1, 0.15) is 54.0 Å². The summed E-state index contributed by atoms with van der Waals surface area (Å²) >= 11 is 0. The summed E-state index contributed by atoms with van der Waals surface area (Å²) in [4.78, 5) is 44.6. The average Bonchev–Trinajstić information content (AvgIpc) is 2.76. The van der Waals surface area contributed by atoms with Crippen LogP contribution in [0.15, 0.2) is 30.5 Å². The SMILES string of the molecule is CNC(=O)c1ncc(NC(CCC(C)C)C(N)=O)nc1Nc1ccc(C(=O)CC=N)cc1. The smallest absolute Gasteiger partial charge is 0.273 e. The van der Waals surface area contributed by atoms with Gasteiger partial charge in [0.1, 0.15) is 11.9 Å². The van der Waals surface area contributed by atoms with Crippen LogP contribution in [0.5, 0.6) is 0 Å². The van der Waals surface area contributed by atoms with E-state index in [0.29, 0.717) is 29.4 Å². The second-order valence-corrected chi connectivity index (χ2v) is 7.64. The highest BCUT2D eigenvalue weighted by Gasteiger charge is 2.19. The number of hydrogen-bond acceptors (Lipinski definition) is 8. The molecule has 10 heteroatoms. The molecular formula is C22H29N7O3. The van der Waals surface area contributed by atoms with Crippen molar-refractivity contribution in [3.63, 3.8) is 0 Å². The number of carbonyl (C=O) groups is 3. The van der Waals surface area contributed by atoms with E-state index in [0.717, 1.165) is 12.6 Å². The number of rotatable bonds is 12. The number of anilines is 3. The molecule has 1 aromatic carbocycles. The molecule has 1 atom stereocenters. The molecule has 1 unspecified atom stereocenters. The van der Waals surface area contributed by atoms with Crippen molar-refractivity contribution in [1.29, 1.82) is 5.41 Å². The maximum atomic E-state index is 12.2. The van der Waals surface area contributed by atoms with Gasteiger partial charge in [0.2, 0.25) is 5.91 Å². The Bertz CT molecular complexity index is 974. The van der Waals surface area contributed by atoms with E-state index < -0.39 is 17.9 Å². The number of nitrogens with one attached hydrogen (secondary N) is 4. The molecule has 1 heterocycles. The Morgan fingerprint density at radius 3 is 2.41 bits per heavy atom. The molecule has 0 radical (unpaired) electrons. The third-order valence-corrected chi connectivity index (χ3v) is 4.67. The molecule has 2 amide bonds. The molecule has 1 aromatic heterocycles. The topological polar surface area (TPSA) is 163 Å². The largest absolute Gasteiger partial charge is 0.368 e. The molecule has 0 aliphatic heterocycles. The van der Waals surface area contributed by atoms with Gasteiger partial charge in [-0.05, 0) is 43.0 Å². The van der Waals surface area contributed by atoms with Gasteiger partial charge >= 0.3 is 0 Å². The van der Waals surface area contributed by atoms with Gasteiger partial charge in [-0.15, -0.1) is 0 Å². The highest BCUT2D eigenvalue weighted by molar-refractivity contribution is 6.03. The van der Waals surface area contributed by atoms with Gasteiger partial charge in [-0.3, -0.25) is 14.4 Å². The molecule has 0 saturated heterocycles. The van der Waals surface area contributed by atoms with Crippen molar-refractivity contribution in [2.75, 3.05) is 17.7 Å². The van der Waals surface area contributed by atoms with Gasteiger partial charge in [-0.1, -0.05) is 13.8 Å². The summed E-state index contributed by atoms with van der Waals surface area (Å²) < 4.78 is 0. The lowest BCUT2D eigenvalue weighted by atomic mass is 10.0. The Hall–Kier alpha value is -3.82. The molecule has 170 valence electrons. The monoisotopic (exact) mass is 439 g/mol. The van der Waals surface area contributed by atoms with Gasteiger partial charge < -0.3 is 27.1 Å². The minimum absolute atomic E-state index is 0.0324. The number of hydrogen-bond donors (Lipinski definition) is 5. The first-order valence-electron chi connectivity index (χ1n) is 10.3. The molecule has 0 spiro atoms. The molecule has 0 bridgehead atoms. The summed E-state index contributed by atoms with van der Waals surface area (Å²) in [6.07, 6.45) is 3.81. The number of carbonyl (C=O) groups excluding carboxylic acids is 3. The number of primary amides is 1. The highest BCUT2D eigenvalue weighted by atomic mass is 16.2. The van der Waals surface area contributed by atoms with Crippen molar-refractivity contribution >= 4 is 41.1 Å². The molecule has 32 heavy (non-hydrogen) atoms. The van der Waals surface area contributed by atoms with Crippen LogP contribution in [0.2, 0.25) is 0 Å². The number of amides is 2. The van der Waals surface area contributed by atoms with Crippen LogP contribution < -0.4 is 21.7 Å². The molecule has 0 saturated carbocycles. The van der Waals surface area contributed by atoms with Gasteiger partial charge in [-0.2, -0.15) is 0 Å². The summed E-state index contributed by atoms with van der Waals surface area (Å²) in [5.74, 6) is -0.211. The third-order valence-electron chi connectivity index (χ3n) is 4.67. The molecule has 6 N–H and O–H groups in total. The zero-order valence-corrected chi connectivity index (χ0v) is 18.4. The zero-order chi connectivity index (χ0) is 23.7. The van der Waals surface area contributed by atoms with Gasteiger partial charge in [0.15, 0.2) is 17.3 Å². The fourth-order valence-electron chi connectivity index (χ4n) is 2.88. The van der Waals surface area contributed by atoms with Crippen LogP contribution in [0, 0.1) is 11.3 Å². The van der Waals surface area contributed by atoms with E-state index in [1.807, 2.05) is 0 Å². The normalized spacial score (nSPS) is 11.5. The van der Waals surface area contributed by atoms with Crippen LogP contribution in [0.25, 0.3) is 0 Å². The highest BCUT2D eigenvalue weighted by Crippen LogP contribution is 2.21. The van der Waals surface area contributed by atoms with Crippen LogP contribution in [-0.2, 0) is 4.79 Å². The van der Waals surface area contributed by atoms with E-state index >= 15 is 0 Å². The number of aromatic nitrogens is 2. The summed E-state index contributed by atoms with van der Waals surface area (Å²) in [5.41, 5.74) is 6.65. The van der Waals surface area contributed by atoms with Crippen molar-refractivity contribution in [3.8, 4) is 0 Å². The first kappa shape index (κ1) is 24.4. The zero-order valence-electron chi connectivity index (χ0n) is 18.4. The van der Waals surface area contributed by atoms with E-state index in [4.69, 9.17) is 11.1 Å². The Balaban J connectivity index is 2.29. The molecule has 2 aromatic rings. The van der Waals surface area contributed by atoms with Crippen LogP contribution >= 0.6 is 0 Å². The van der Waals surface area contributed by atoms with Gasteiger partial charge in [0.05, 0.1) is 6.20 Å². The van der Waals surface area contributed by atoms with Gasteiger partial charge in [0, 0.05) is 30.9 Å². The number of Topliss-reactive ketones (excluding diaryl/α,β-unsaturated/α-hetero) is 1. The van der Waals surface area contributed by atoms with E-state index in [9.17, 15) is 14.4 Å². The van der Waals surface area contributed by atoms with Crippen molar-refractivity contribution < 1.29 is 14.4 Å². The first-order chi connectivity index (χ1) is 15.2. The average molecular weight is 440 g/mol. The number of nitrogens with zero attached hydrogens (tertiary/aromatic N) is 2. The first-order valence-corrected chi connectivity index (χ1v) is 10.3. The predicted octanol–water partition coefficient (Wildman–Crippen LogP) is 2.50. The van der Waals surface area contributed by atoms with Gasteiger partial charge in [0.25, 0.3) is 5.91 Å². The lowest BCUT2D eigenvalue weighted by molar-refractivity contribution is -0.118. The Morgan fingerprint density at radius 2 is 1.84 bits per heavy atom. The van der Waals surface area contributed by atoms with Crippen molar-refractivity contribution in [3.05, 3.63) is 41.7 Å². The van der Waals surface area contributed by atoms with Crippen LogP contribution in [0.4, 0.5) is 17.3 Å². The lowest BCUT2D eigenvalue weighted by Crippen LogP contribution is -2.36. The Labute approximate surface area is 186 Å². The van der Waals surface area contributed by atoms with Gasteiger partial charge in [-0.25, -0.2) is 9.97 Å². The minimum atomic E-state index is -0.621. The van der Waals surface area contributed by atoms with Crippen molar-refractivity contribution in [1.82, 2.24) is 15.3 Å². The number of ketones is 1. The number of nitrogens with two attached hydrogens (primary N) is 1. The molecule has 0 fully saturated rings. The van der Waals surface area contributed by atoms with E-state index in [2.05, 4.69) is 39.8 Å². The summed E-state index contributed by atoms with van der Waals surface area (Å²) in [5, 5.41) is 15.6. The van der Waals surface area contributed by atoms with E-state index in [1.165, 1.54) is 13.2 Å². The van der Waals surface area contributed by atoms with Crippen LogP contribution in [-0.4, -0.2) is 46.9 Å². The van der Waals surface area contributed by atoms with Crippen molar-refractivity contribution in [2.45, 2.75) is 39.2 Å². The summed E-state index contributed by atoms with van der Waals surface area (Å²) in [7, 11) is 1.48. The molecular weight excluding hydrogens is 410 g/mol. The maximum absolute atomic E-state index is 12.2. The molecule has 0 aliphatic rings. The molecule has 2 rings (SSSR count). The van der Waals surface area contributed by atoms with Crippen LogP contribution in [0.3, 0.4) is 0 Å². The molecule has 10 nitrogen and oxygen atoms in total. The third kappa shape index (κ3) is 6.86. The minimum Gasteiger partial charge on any atom is -0.368 e. The maximum Gasteiger partial charge on any atom is 0.273 e. The van der Waals surface area contributed by atoms with E-state index in [1.54, 1.807) is 24.3 Å². The Morgan fingerprint density at radius 1 is 1.16 bits per heavy atom. The summed E-state index contributed by atoms with van der Waals surface area (Å²) in [6, 6.07) is 5.96. The fourth-order valence-corrected chi connectivity index (χ4v) is 2.88. The number of benzene rings is 1. The summed E-state index contributed by atoms with van der Waals surface area (Å²) in [6.45, 7) is 4.12. The molecule has 0 aliphatic carbocycles. The quantitative estimate of drug-likeness (QED) is 0.250. The second-order valence-electron chi connectivity index (χ2n) is 7.64. The van der Waals surface area contributed by atoms with E-state index in [-0.39, 0.29) is 23.7 Å². The fraction of sp³-hybridized carbons (Fsp3) is 0.364. The second kappa shape index (κ2) is 11.5.